The fourth-order valence-electron chi connectivity index (χ4n) is 4.25. The van der Waals surface area contributed by atoms with Crippen LogP contribution in [0.25, 0.3) is 0 Å². The van der Waals surface area contributed by atoms with Gasteiger partial charge in [0.2, 0.25) is 0 Å². The van der Waals surface area contributed by atoms with Crippen LogP contribution in [0, 0.1) is 5.41 Å². The number of Topliss-reactive ketones (excluding diaryl/α,β-unsaturated/α-hetero) is 1. The number of para-hydroxylation sites is 1. The lowest BCUT2D eigenvalue weighted by molar-refractivity contribution is -0.134. The minimum atomic E-state index is -0.896. The molecule has 3 aliphatic heterocycles. The van der Waals surface area contributed by atoms with Crippen molar-refractivity contribution in [2.75, 3.05) is 37.7 Å². The first-order valence-electron chi connectivity index (χ1n) is 9.40. The van der Waals surface area contributed by atoms with Crippen molar-refractivity contribution in [2.45, 2.75) is 12.0 Å². The van der Waals surface area contributed by atoms with Gasteiger partial charge in [-0.15, -0.1) is 0 Å². The van der Waals surface area contributed by atoms with E-state index in [0.717, 1.165) is 16.9 Å². The van der Waals surface area contributed by atoms with Gasteiger partial charge in [0.25, 0.3) is 0 Å². The first-order chi connectivity index (χ1) is 14.1. The summed E-state index contributed by atoms with van der Waals surface area (Å²) in [6, 6.07) is 13.3. The molecular formula is C22H21N3O4. The van der Waals surface area contributed by atoms with Gasteiger partial charge in [0.1, 0.15) is 17.3 Å². The molecule has 0 unspecified atom stereocenters. The predicted molar refractivity (Wildman–Crippen MR) is 109 cm³/mol. The highest BCUT2D eigenvalue weighted by atomic mass is 16.5. The highest BCUT2D eigenvalue weighted by Crippen LogP contribution is 2.44. The van der Waals surface area contributed by atoms with Crippen LogP contribution in [0.2, 0.25) is 0 Å². The summed E-state index contributed by atoms with van der Waals surface area (Å²) in [7, 11) is 3.16. The number of hydrogen-bond donors (Lipinski definition) is 2. The molecule has 0 saturated carbocycles. The zero-order chi connectivity index (χ0) is 20.2. The highest BCUT2D eigenvalue weighted by molar-refractivity contribution is 6.37. The Kier molecular flexibility index (Phi) is 3.89. The normalized spacial score (nSPS) is 21.8. The minimum Gasteiger partial charge on any atom is -0.497 e. The van der Waals surface area contributed by atoms with Gasteiger partial charge >= 0.3 is 0 Å². The summed E-state index contributed by atoms with van der Waals surface area (Å²) in [5, 5.41) is 12.3. The van der Waals surface area contributed by atoms with Crippen molar-refractivity contribution >= 4 is 23.0 Å². The van der Waals surface area contributed by atoms with Crippen molar-refractivity contribution < 1.29 is 19.0 Å². The van der Waals surface area contributed by atoms with Crippen LogP contribution in [-0.4, -0.2) is 44.6 Å². The molecule has 2 aromatic carbocycles. The van der Waals surface area contributed by atoms with E-state index in [9.17, 15) is 4.79 Å². The maximum Gasteiger partial charge on any atom is 0.199 e. The Hall–Kier alpha value is -3.32. The number of ether oxygens (including phenoxy) is 3. The number of amidine groups is 1. The summed E-state index contributed by atoms with van der Waals surface area (Å²) in [5.74, 6) is 1.29. The van der Waals surface area contributed by atoms with Crippen LogP contribution in [0.1, 0.15) is 5.56 Å². The molecule has 2 aromatic rings. The molecule has 0 amide bonds. The Morgan fingerprint density at radius 2 is 1.79 bits per heavy atom. The number of anilines is 2. The molecular weight excluding hydrogens is 370 g/mol. The van der Waals surface area contributed by atoms with Gasteiger partial charge in [0, 0.05) is 36.0 Å². The fourth-order valence-corrected chi connectivity index (χ4v) is 4.25. The molecule has 29 heavy (non-hydrogen) atoms. The molecule has 2 saturated heterocycles. The van der Waals surface area contributed by atoms with E-state index in [0.29, 0.717) is 29.2 Å². The molecule has 0 bridgehead atoms. The number of nitrogens with one attached hydrogen (secondary N) is 2. The number of ketones is 1. The molecule has 0 atom stereocenters. The molecule has 3 aliphatic rings. The average Bonchev–Trinajstić information content (AvgIpc) is 3.22. The van der Waals surface area contributed by atoms with E-state index >= 15 is 0 Å². The van der Waals surface area contributed by atoms with E-state index in [4.69, 9.17) is 19.6 Å². The van der Waals surface area contributed by atoms with Gasteiger partial charge in [-0.25, -0.2) is 0 Å². The predicted octanol–water partition coefficient (Wildman–Crippen LogP) is 2.76. The standard InChI is InChI=1S/C22H21N3O4/c1-27-15-8-14(9-16(10-15)28-2)25-21(23)19(20(26)22(25)11-29-12-22)18-7-13-5-3-4-6-17(13)24-18/h3-6,8-10,23-24H,7,11-12H2,1-2H3. The summed E-state index contributed by atoms with van der Waals surface area (Å²) in [6.45, 7) is 0.495. The van der Waals surface area contributed by atoms with Crippen LogP contribution >= 0.6 is 0 Å². The monoisotopic (exact) mass is 391 g/mol. The van der Waals surface area contributed by atoms with Crippen molar-refractivity contribution in [3.8, 4) is 11.5 Å². The summed E-state index contributed by atoms with van der Waals surface area (Å²) >= 11 is 0. The van der Waals surface area contributed by atoms with Gasteiger partial charge in [-0.05, 0) is 11.6 Å². The fraction of sp³-hybridized carbons (Fsp3) is 0.273. The number of nitrogens with zero attached hydrogens (tertiary/aromatic N) is 1. The smallest absolute Gasteiger partial charge is 0.199 e. The van der Waals surface area contributed by atoms with Crippen molar-refractivity contribution in [1.29, 1.82) is 5.41 Å². The summed E-state index contributed by atoms with van der Waals surface area (Å²) in [4.78, 5) is 15.3. The largest absolute Gasteiger partial charge is 0.497 e. The topological polar surface area (TPSA) is 83.9 Å². The Balaban J connectivity index is 1.62. The maximum absolute atomic E-state index is 13.5. The van der Waals surface area contributed by atoms with Crippen molar-refractivity contribution in [3.63, 3.8) is 0 Å². The van der Waals surface area contributed by atoms with Gasteiger partial charge < -0.3 is 24.4 Å². The molecule has 7 heteroatoms. The molecule has 5 rings (SSSR count). The zero-order valence-electron chi connectivity index (χ0n) is 16.2. The van der Waals surface area contributed by atoms with E-state index in [1.54, 1.807) is 25.2 Å². The van der Waals surface area contributed by atoms with Crippen molar-refractivity contribution in [1.82, 2.24) is 0 Å². The van der Waals surface area contributed by atoms with E-state index in [1.165, 1.54) is 0 Å². The third-order valence-corrected chi connectivity index (χ3v) is 5.79. The number of hydrogen-bond acceptors (Lipinski definition) is 6. The van der Waals surface area contributed by atoms with Gasteiger partial charge in [0.05, 0.1) is 38.7 Å². The van der Waals surface area contributed by atoms with Gasteiger partial charge in [-0.3, -0.25) is 10.2 Å². The Morgan fingerprint density at radius 1 is 1.10 bits per heavy atom. The van der Waals surface area contributed by atoms with Crippen LogP contribution in [0.3, 0.4) is 0 Å². The molecule has 0 aromatic heterocycles. The second-order valence-electron chi connectivity index (χ2n) is 7.42. The van der Waals surface area contributed by atoms with Crippen LogP contribution in [0.4, 0.5) is 11.4 Å². The Bertz CT molecular complexity index is 1020. The first-order valence-corrected chi connectivity index (χ1v) is 9.40. The number of rotatable bonds is 3. The molecule has 1 spiro atoms. The van der Waals surface area contributed by atoms with Gasteiger partial charge in [-0.2, -0.15) is 0 Å². The molecule has 0 aliphatic carbocycles. The average molecular weight is 391 g/mol. The van der Waals surface area contributed by atoms with E-state index < -0.39 is 5.54 Å². The van der Waals surface area contributed by atoms with Gasteiger partial charge in [-0.1, -0.05) is 18.2 Å². The van der Waals surface area contributed by atoms with Crippen LogP contribution < -0.4 is 19.7 Å². The van der Waals surface area contributed by atoms with E-state index in [-0.39, 0.29) is 24.8 Å². The SMILES string of the molecule is COc1cc(OC)cc(N2C(=N)C(=C3Cc4ccccc4N3)C(=O)C23COC3)c1. The third kappa shape index (κ3) is 2.47. The number of allylic oxidation sites excluding steroid dienone is 1. The number of methoxy groups -OCH3 is 2. The van der Waals surface area contributed by atoms with Crippen molar-refractivity contribution in [3.05, 3.63) is 59.3 Å². The number of benzene rings is 2. The van der Waals surface area contributed by atoms with Gasteiger partial charge in [0.15, 0.2) is 11.3 Å². The second-order valence-corrected chi connectivity index (χ2v) is 7.42. The third-order valence-electron chi connectivity index (χ3n) is 5.79. The summed E-state index contributed by atoms with van der Waals surface area (Å²) < 4.78 is 16.2. The number of carbonyl (C=O) groups excluding carboxylic acids is 1. The van der Waals surface area contributed by atoms with Crippen molar-refractivity contribution in [2.24, 2.45) is 0 Å². The molecule has 7 nitrogen and oxygen atoms in total. The molecule has 148 valence electrons. The van der Waals surface area contributed by atoms with Crippen LogP contribution in [0.5, 0.6) is 11.5 Å². The van der Waals surface area contributed by atoms with E-state index in [2.05, 4.69) is 5.32 Å². The molecule has 3 heterocycles. The Labute approximate surface area is 168 Å². The molecule has 0 radical (unpaired) electrons. The van der Waals surface area contributed by atoms with Crippen LogP contribution in [0.15, 0.2) is 53.7 Å². The lowest BCUT2D eigenvalue weighted by Gasteiger charge is -2.43. The van der Waals surface area contributed by atoms with E-state index in [1.807, 2.05) is 36.4 Å². The quantitative estimate of drug-likeness (QED) is 0.783. The summed E-state index contributed by atoms with van der Waals surface area (Å²) in [6.07, 6.45) is 0.603. The second kappa shape index (κ2) is 6.35. The van der Waals surface area contributed by atoms with Crippen LogP contribution in [-0.2, 0) is 16.0 Å². The lowest BCUT2D eigenvalue weighted by atomic mass is 9.89. The number of carbonyl (C=O) groups is 1. The minimum absolute atomic E-state index is 0.0779. The summed E-state index contributed by atoms with van der Waals surface area (Å²) in [5.41, 5.74) is 3.07. The maximum atomic E-state index is 13.5. The molecule has 2 fully saturated rings. The Morgan fingerprint density at radius 3 is 2.38 bits per heavy atom. The highest BCUT2D eigenvalue weighted by Gasteiger charge is 2.60. The lowest BCUT2D eigenvalue weighted by Crippen LogP contribution is -2.63. The zero-order valence-corrected chi connectivity index (χ0v) is 16.2. The first kappa shape index (κ1) is 17.8. The number of fused-ring (bicyclic) bond motifs is 1. The molecule has 2 N–H and O–H groups in total.